The third-order valence-electron chi connectivity index (χ3n) is 13.3. The molecule has 8 heterocycles. The molecule has 0 atom stereocenters. The third kappa shape index (κ3) is 4.99. The predicted molar refractivity (Wildman–Crippen MR) is 270 cm³/mol. The Labute approximate surface area is 376 Å². The van der Waals surface area contributed by atoms with Gasteiger partial charge in [-0.15, -0.1) is 11.3 Å². The van der Waals surface area contributed by atoms with Gasteiger partial charge >= 0.3 is 0 Å². The van der Waals surface area contributed by atoms with Gasteiger partial charge in [0, 0.05) is 80.3 Å². The van der Waals surface area contributed by atoms with Gasteiger partial charge in [0.1, 0.15) is 0 Å². The summed E-state index contributed by atoms with van der Waals surface area (Å²) in [5.74, 6) is 0. The second kappa shape index (κ2) is 13.9. The molecular formula is C56H34N6OSSi. The zero-order chi connectivity index (χ0) is 42.6. The van der Waals surface area contributed by atoms with Crippen LogP contribution < -0.4 is 21.0 Å². The lowest BCUT2D eigenvalue weighted by Crippen LogP contribution is -2.76. The smallest absolute Gasteiger partial charge is 0.230 e. The number of thiophene rings is 1. The molecule has 304 valence electrons. The lowest BCUT2D eigenvalue weighted by molar-refractivity contribution is 0.667. The molecule has 0 aliphatic carbocycles. The van der Waals surface area contributed by atoms with Crippen molar-refractivity contribution >= 4 is 126 Å². The van der Waals surface area contributed by atoms with E-state index in [1.54, 1.807) is 0 Å². The maximum absolute atomic E-state index is 7.43. The topological polar surface area (TPSA) is 74.6 Å². The zero-order valence-electron chi connectivity index (χ0n) is 34.6. The minimum Gasteiger partial charge on any atom is -0.452 e. The Bertz CT molecular complexity index is 3830. The fourth-order valence-electron chi connectivity index (χ4n) is 10.7. The molecule has 0 aliphatic heterocycles. The Morgan fingerprint density at radius 3 is 1.52 bits per heavy atom. The average molecular weight is 867 g/mol. The highest BCUT2D eigenvalue weighted by molar-refractivity contribution is 7.31. The minimum atomic E-state index is -3.43. The van der Waals surface area contributed by atoms with E-state index in [4.69, 9.17) is 14.4 Å². The molecule has 0 amide bonds. The van der Waals surface area contributed by atoms with Gasteiger partial charge in [-0.25, -0.2) is 0 Å². The van der Waals surface area contributed by atoms with Gasteiger partial charge in [-0.05, 0) is 58.9 Å². The van der Waals surface area contributed by atoms with E-state index in [-0.39, 0.29) is 0 Å². The molecule has 7 nitrogen and oxygen atoms in total. The molecule has 0 saturated heterocycles. The Morgan fingerprint density at radius 1 is 0.369 bits per heavy atom. The van der Waals surface area contributed by atoms with Gasteiger partial charge in [0.2, 0.25) is 8.07 Å². The Balaban J connectivity index is 1.10. The quantitative estimate of drug-likeness (QED) is 0.156. The largest absolute Gasteiger partial charge is 0.452 e. The number of rotatable bonds is 6. The minimum absolute atomic E-state index is 0.774. The number of hydrogen-bond donors (Lipinski definition) is 0. The van der Waals surface area contributed by atoms with Crippen molar-refractivity contribution in [1.82, 2.24) is 29.1 Å². The molecule has 0 unspecified atom stereocenters. The Hall–Kier alpha value is -8.24. The average Bonchev–Trinajstić information content (AvgIpc) is 4.14. The van der Waals surface area contributed by atoms with Gasteiger partial charge in [0.25, 0.3) is 0 Å². The fraction of sp³-hybridized carbons (Fsp3) is 0. The van der Waals surface area contributed by atoms with Crippen molar-refractivity contribution in [2.24, 2.45) is 0 Å². The number of benzene rings is 6. The summed E-state index contributed by atoms with van der Waals surface area (Å²) in [5.41, 5.74) is 8.11. The van der Waals surface area contributed by atoms with Gasteiger partial charge in [0.05, 0.1) is 53.5 Å². The standard InChI is InChI=1S/C56H34N6OSSi/c1-3-13-35(14-4-1)65(36-15-5-2-6-16-36,55-52-40(25-31-59-55)39-19-11-23-49(51(39)63-52)61-45-21-9-7-17-37(45)43-33-57-29-27-47(43)61)56-54-42(26-32-60-56)41-20-12-24-50(53(41)64-54)62-46-22-10-8-18-38(46)44-34-58-30-28-48(44)62/h1-34H. The van der Waals surface area contributed by atoms with E-state index in [2.05, 4.69) is 189 Å². The van der Waals surface area contributed by atoms with Crippen LogP contribution in [-0.4, -0.2) is 37.1 Å². The first kappa shape index (κ1) is 36.3. The van der Waals surface area contributed by atoms with E-state index < -0.39 is 8.07 Å². The van der Waals surface area contributed by atoms with Gasteiger partial charge < -0.3 is 13.6 Å². The normalized spacial score (nSPS) is 12.3. The van der Waals surface area contributed by atoms with Gasteiger partial charge in [-0.3, -0.25) is 19.9 Å². The van der Waals surface area contributed by atoms with Crippen molar-refractivity contribution in [3.63, 3.8) is 0 Å². The van der Waals surface area contributed by atoms with Crippen molar-refractivity contribution in [3.05, 3.63) is 207 Å². The maximum atomic E-state index is 7.43. The number of para-hydroxylation sites is 3. The molecule has 0 fully saturated rings. The number of aromatic nitrogens is 6. The molecule has 0 radical (unpaired) electrons. The molecule has 6 aromatic carbocycles. The predicted octanol–water partition coefficient (Wildman–Crippen LogP) is 11.1. The van der Waals surface area contributed by atoms with Crippen LogP contribution in [-0.2, 0) is 0 Å². The molecule has 14 aromatic rings. The van der Waals surface area contributed by atoms with Crippen LogP contribution in [0, 0.1) is 0 Å². The molecule has 9 heteroatoms. The van der Waals surface area contributed by atoms with E-state index >= 15 is 0 Å². The SMILES string of the molecule is c1ccc([Si](c2ccccc2)(c2nccc3c2oc2c(-n4c5ccccc5c5cnccc54)cccc23)c2nccc3c2sc2c(-n4c5ccccc5c5cnccc54)cccc23)cc1. The summed E-state index contributed by atoms with van der Waals surface area (Å²) in [5, 5.41) is 13.3. The van der Waals surface area contributed by atoms with Crippen LogP contribution in [0.5, 0.6) is 0 Å². The first-order valence-corrected chi connectivity index (χ1v) is 24.5. The molecule has 0 saturated carbocycles. The molecule has 0 bridgehead atoms. The molecular weight excluding hydrogens is 833 g/mol. The maximum Gasteiger partial charge on any atom is 0.230 e. The van der Waals surface area contributed by atoms with E-state index in [0.717, 1.165) is 86.9 Å². The highest BCUT2D eigenvalue weighted by Gasteiger charge is 2.48. The molecule has 0 N–H and O–H groups in total. The van der Waals surface area contributed by atoms with Crippen molar-refractivity contribution in [3.8, 4) is 11.4 Å². The van der Waals surface area contributed by atoms with Crippen molar-refractivity contribution in [2.45, 2.75) is 0 Å². The van der Waals surface area contributed by atoms with Crippen molar-refractivity contribution in [1.29, 1.82) is 0 Å². The summed E-state index contributed by atoms with van der Waals surface area (Å²) < 4.78 is 14.5. The van der Waals surface area contributed by atoms with Crippen LogP contribution in [0.2, 0.25) is 0 Å². The van der Waals surface area contributed by atoms with Crippen LogP contribution in [0.3, 0.4) is 0 Å². The summed E-state index contributed by atoms with van der Waals surface area (Å²) in [6.45, 7) is 0. The molecule has 0 spiro atoms. The summed E-state index contributed by atoms with van der Waals surface area (Å²) in [6.07, 6.45) is 11.7. The first-order valence-electron chi connectivity index (χ1n) is 21.7. The summed E-state index contributed by atoms with van der Waals surface area (Å²) >= 11 is 1.82. The van der Waals surface area contributed by atoms with Crippen molar-refractivity contribution < 1.29 is 4.42 Å². The molecule has 8 aromatic heterocycles. The summed E-state index contributed by atoms with van der Waals surface area (Å²) in [7, 11) is -3.43. The Morgan fingerprint density at radius 2 is 0.862 bits per heavy atom. The lowest BCUT2D eigenvalue weighted by Gasteiger charge is -2.32. The summed E-state index contributed by atoms with van der Waals surface area (Å²) in [4.78, 5) is 20.1. The van der Waals surface area contributed by atoms with Crippen LogP contribution >= 0.6 is 11.3 Å². The van der Waals surface area contributed by atoms with E-state index in [1.807, 2.05) is 48.5 Å². The van der Waals surface area contributed by atoms with Crippen LogP contribution in [0.25, 0.3) is 97.1 Å². The number of pyridine rings is 4. The summed E-state index contributed by atoms with van der Waals surface area (Å²) in [6, 6.07) is 60.7. The molecule has 0 aliphatic rings. The second-order valence-electron chi connectivity index (χ2n) is 16.6. The number of furan rings is 1. The number of hydrogen-bond acceptors (Lipinski definition) is 6. The van der Waals surface area contributed by atoms with Crippen LogP contribution in [0.1, 0.15) is 0 Å². The van der Waals surface area contributed by atoms with E-state index in [0.29, 0.717) is 0 Å². The second-order valence-corrected chi connectivity index (χ2v) is 21.2. The monoisotopic (exact) mass is 866 g/mol. The zero-order valence-corrected chi connectivity index (χ0v) is 36.4. The molecule has 65 heavy (non-hydrogen) atoms. The van der Waals surface area contributed by atoms with Crippen LogP contribution in [0.15, 0.2) is 211 Å². The highest BCUT2D eigenvalue weighted by Crippen LogP contribution is 2.42. The lowest BCUT2D eigenvalue weighted by atomic mass is 10.1. The third-order valence-corrected chi connectivity index (χ3v) is 19.3. The van der Waals surface area contributed by atoms with E-state index in [9.17, 15) is 0 Å². The number of nitrogens with zero attached hydrogens (tertiary/aromatic N) is 6. The highest BCUT2D eigenvalue weighted by atomic mass is 32.1. The van der Waals surface area contributed by atoms with Gasteiger partial charge in [-0.2, -0.15) is 0 Å². The van der Waals surface area contributed by atoms with E-state index in [1.165, 1.54) is 31.2 Å². The van der Waals surface area contributed by atoms with Crippen LogP contribution in [0.4, 0.5) is 0 Å². The Kier molecular flexibility index (Phi) is 7.74. The van der Waals surface area contributed by atoms with Gasteiger partial charge in [0.15, 0.2) is 11.2 Å². The number of fused-ring (bicyclic) bond motifs is 12. The molecule has 14 rings (SSSR count). The van der Waals surface area contributed by atoms with Gasteiger partial charge in [-0.1, -0.05) is 121 Å². The van der Waals surface area contributed by atoms with Crippen molar-refractivity contribution in [2.75, 3.05) is 0 Å². The fourth-order valence-corrected chi connectivity index (χ4v) is 17.0. The first-order chi connectivity index (χ1) is 32.3.